The van der Waals surface area contributed by atoms with Gasteiger partial charge in [0, 0.05) is 51.0 Å². The van der Waals surface area contributed by atoms with Crippen molar-refractivity contribution in [2.75, 3.05) is 53.5 Å². The molecule has 0 N–H and O–H groups in total. The van der Waals surface area contributed by atoms with Gasteiger partial charge < -0.3 is 14.2 Å². The summed E-state index contributed by atoms with van der Waals surface area (Å²) in [5, 5.41) is 0. The molecule has 0 saturated carbocycles. The van der Waals surface area contributed by atoms with Gasteiger partial charge in [0.05, 0.1) is 19.5 Å². The molecule has 0 spiro atoms. The molecule has 2 rings (SSSR count). The summed E-state index contributed by atoms with van der Waals surface area (Å²) in [5.74, 6) is 0.616. The van der Waals surface area contributed by atoms with E-state index in [0.717, 1.165) is 45.9 Å². The predicted octanol–water partition coefficient (Wildman–Crippen LogP) is 0.393. The largest absolute Gasteiger partial charge is 0.380 e. The molecule has 102 valence electrons. The first-order valence-corrected chi connectivity index (χ1v) is 6.64. The van der Waals surface area contributed by atoms with Crippen LogP contribution in [-0.4, -0.2) is 72.8 Å². The Morgan fingerprint density at radius 2 is 2.28 bits per heavy atom. The van der Waals surface area contributed by atoms with Gasteiger partial charge in [-0.1, -0.05) is 0 Å². The van der Waals surface area contributed by atoms with Crippen molar-refractivity contribution < 1.29 is 4.74 Å². The molecule has 1 unspecified atom stereocenters. The van der Waals surface area contributed by atoms with Crippen LogP contribution in [0.25, 0.3) is 0 Å². The summed E-state index contributed by atoms with van der Waals surface area (Å²) in [5.41, 5.74) is 0. The van der Waals surface area contributed by atoms with Gasteiger partial charge in [0.2, 0.25) is 0 Å². The van der Waals surface area contributed by atoms with Gasteiger partial charge in [-0.3, -0.25) is 4.90 Å². The predicted molar refractivity (Wildman–Crippen MR) is 71.5 cm³/mol. The van der Waals surface area contributed by atoms with Crippen LogP contribution < -0.4 is 0 Å². The standard InChI is InChI=1S/C13H24N4O/c1-15(2)9-13-10-16(7-8-18-11-13)5-6-17-4-3-14-12-17/h3-4,12-13H,5-11H2,1-2H3. The van der Waals surface area contributed by atoms with Crippen LogP contribution in [0.15, 0.2) is 18.7 Å². The molecule has 0 bridgehead atoms. The molecule has 2 heterocycles. The number of nitrogens with zero attached hydrogens (tertiary/aromatic N) is 4. The van der Waals surface area contributed by atoms with Crippen molar-refractivity contribution in [1.82, 2.24) is 19.4 Å². The van der Waals surface area contributed by atoms with Crippen LogP contribution in [0.4, 0.5) is 0 Å². The van der Waals surface area contributed by atoms with Crippen molar-refractivity contribution in [3.63, 3.8) is 0 Å². The Morgan fingerprint density at radius 1 is 1.39 bits per heavy atom. The van der Waals surface area contributed by atoms with E-state index in [1.807, 2.05) is 18.7 Å². The zero-order valence-electron chi connectivity index (χ0n) is 11.5. The molecule has 1 aromatic rings. The lowest BCUT2D eigenvalue weighted by Crippen LogP contribution is -2.36. The maximum absolute atomic E-state index is 5.69. The third-order valence-electron chi connectivity index (χ3n) is 3.28. The maximum atomic E-state index is 5.69. The lowest BCUT2D eigenvalue weighted by atomic mass is 10.1. The molecular formula is C13H24N4O. The van der Waals surface area contributed by atoms with Gasteiger partial charge in [0.25, 0.3) is 0 Å². The Hall–Kier alpha value is -0.910. The average Bonchev–Trinajstić information content (AvgIpc) is 2.74. The fourth-order valence-corrected chi connectivity index (χ4v) is 2.46. The van der Waals surface area contributed by atoms with E-state index < -0.39 is 0 Å². The summed E-state index contributed by atoms with van der Waals surface area (Å²) in [4.78, 5) is 8.82. The molecule has 18 heavy (non-hydrogen) atoms. The van der Waals surface area contributed by atoms with Gasteiger partial charge in [-0.25, -0.2) is 4.98 Å². The smallest absolute Gasteiger partial charge is 0.0946 e. The van der Waals surface area contributed by atoms with Crippen LogP contribution in [0.5, 0.6) is 0 Å². The van der Waals surface area contributed by atoms with Crippen LogP contribution in [-0.2, 0) is 11.3 Å². The van der Waals surface area contributed by atoms with Crippen LogP contribution in [0.3, 0.4) is 0 Å². The van der Waals surface area contributed by atoms with Crippen molar-refractivity contribution in [1.29, 1.82) is 0 Å². The molecule has 0 aromatic carbocycles. The Morgan fingerprint density at radius 3 is 3.00 bits per heavy atom. The molecular weight excluding hydrogens is 228 g/mol. The van der Waals surface area contributed by atoms with E-state index in [1.165, 1.54) is 0 Å². The van der Waals surface area contributed by atoms with Crippen molar-refractivity contribution in [2.24, 2.45) is 5.92 Å². The van der Waals surface area contributed by atoms with Gasteiger partial charge in [-0.15, -0.1) is 0 Å². The fraction of sp³-hybridized carbons (Fsp3) is 0.769. The van der Waals surface area contributed by atoms with E-state index in [2.05, 4.69) is 33.4 Å². The second kappa shape index (κ2) is 6.87. The number of hydrogen-bond acceptors (Lipinski definition) is 4. The zero-order chi connectivity index (χ0) is 12.8. The number of ether oxygens (including phenoxy) is 1. The van der Waals surface area contributed by atoms with E-state index in [9.17, 15) is 0 Å². The Balaban J connectivity index is 1.79. The van der Waals surface area contributed by atoms with Crippen LogP contribution >= 0.6 is 0 Å². The van der Waals surface area contributed by atoms with Crippen LogP contribution in [0.2, 0.25) is 0 Å². The Bertz CT molecular complexity index is 326. The molecule has 1 aromatic heterocycles. The van der Waals surface area contributed by atoms with Gasteiger partial charge in [0.1, 0.15) is 0 Å². The van der Waals surface area contributed by atoms with E-state index in [0.29, 0.717) is 5.92 Å². The molecule has 0 radical (unpaired) electrons. The first kappa shape index (κ1) is 13.5. The minimum Gasteiger partial charge on any atom is -0.380 e. The summed E-state index contributed by atoms with van der Waals surface area (Å²) in [6.45, 7) is 7.10. The Labute approximate surface area is 109 Å². The van der Waals surface area contributed by atoms with Crippen molar-refractivity contribution in [3.8, 4) is 0 Å². The summed E-state index contributed by atoms with van der Waals surface area (Å²) < 4.78 is 7.82. The molecule has 1 fully saturated rings. The lowest BCUT2D eigenvalue weighted by Gasteiger charge is -2.25. The zero-order valence-corrected chi connectivity index (χ0v) is 11.5. The van der Waals surface area contributed by atoms with Crippen molar-refractivity contribution in [2.45, 2.75) is 6.54 Å². The topological polar surface area (TPSA) is 33.5 Å². The quantitative estimate of drug-likeness (QED) is 0.759. The van der Waals surface area contributed by atoms with E-state index >= 15 is 0 Å². The molecule has 0 amide bonds. The monoisotopic (exact) mass is 252 g/mol. The number of hydrogen-bond donors (Lipinski definition) is 0. The number of imidazole rings is 1. The van der Waals surface area contributed by atoms with Gasteiger partial charge in [0.15, 0.2) is 0 Å². The van der Waals surface area contributed by atoms with Crippen LogP contribution in [0.1, 0.15) is 0 Å². The van der Waals surface area contributed by atoms with Gasteiger partial charge in [-0.05, 0) is 14.1 Å². The van der Waals surface area contributed by atoms with Crippen molar-refractivity contribution in [3.05, 3.63) is 18.7 Å². The molecule has 1 atom stereocenters. The highest BCUT2D eigenvalue weighted by atomic mass is 16.5. The summed E-state index contributed by atoms with van der Waals surface area (Å²) in [6.07, 6.45) is 5.73. The summed E-state index contributed by atoms with van der Waals surface area (Å²) in [7, 11) is 4.25. The maximum Gasteiger partial charge on any atom is 0.0946 e. The number of aromatic nitrogens is 2. The minimum atomic E-state index is 0.616. The summed E-state index contributed by atoms with van der Waals surface area (Å²) >= 11 is 0. The van der Waals surface area contributed by atoms with Gasteiger partial charge in [-0.2, -0.15) is 0 Å². The molecule has 5 nitrogen and oxygen atoms in total. The molecule has 5 heteroatoms. The highest BCUT2D eigenvalue weighted by molar-refractivity contribution is 4.76. The van der Waals surface area contributed by atoms with Crippen molar-refractivity contribution >= 4 is 0 Å². The molecule has 0 aliphatic carbocycles. The summed E-state index contributed by atoms with van der Waals surface area (Å²) in [6, 6.07) is 0. The van der Waals surface area contributed by atoms with Gasteiger partial charge >= 0.3 is 0 Å². The van der Waals surface area contributed by atoms with Crippen LogP contribution in [0, 0.1) is 5.92 Å². The second-order valence-electron chi connectivity index (χ2n) is 5.30. The second-order valence-corrected chi connectivity index (χ2v) is 5.30. The highest BCUT2D eigenvalue weighted by Crippen LogP contribution is 2.08. The average molecular weight is 252 g/mol. The highest BCUT2D eigenvalue weighted by Gasteiger charge is 2.18. The van der Waals surface area contributed by atoms with E-state index in [1.54, 1.807) is 0 Å². The number of rotatable bonds is 5. The van der Waals surface area contributed by atoms with E-state index in [4.69, 9.17) is 4.74 Å². The SMILES string of the molecule is CN(C)CC1COCCN(CCn2ccnc2)C1. The Kier molecular flexibility index (Phi) is 5.16. The molecule has 1 aliphatic rings. The third-order valence-corrected chi connectivity index (χ3v) is 3.28. The first-order valence-electron chi connectivity index (χ1n) is 6.64. The third kappa shape index (κ3) is 4.40. The molecule has 1 saturated heterocycles. The van der Waals surface area contributed by atoms with E-state index in [-0.39, 0.29) is 0 Å². The normalized spacial score (nSPS) is 22.3. The first-order chi connectivity index (χ1) is 8.74. The fourth-order valence-electron chi connectivity index (χ4n) is 2.46. The molecule has 1 aliphatic heterocycles. The minimum absolute atomic E-state index is 0.616. The lowest BCUT2D eigenvalue weighted by molar-refractivity contribution is 0.112.